The van der Waals surface area contributed by atoms with E-state index in [0.29, 0.717) is 18.0 Å². The molecule has 0 saturated heterocycles. The molecule has 0 radical (unpaired) electrons. The van der Waals surface area contributed by atoms with Gasteiger partial charge in [-0.3, -0.25) is 4.79 Å². The van der Waals surface area contributed by atoms with Crippen LogP contribution in [-0.4, -0.2) is 36.0 Å². The summed E-state index contributed by atoms with van der Waals surface area (Å²) in [7, 11) is 0. The summed E-state index contributed by atoms with van der Waals surface area (Å²) in [4.78, 5) is 14.9. The number of quaternary nitrogens is 1. The molecule has 26 heavy (non-hydrogen) atoms. The molecule has 3 heteroatoms. The maximum atomic E-state index is 12.8. The van der Waals surface area contributed by atoms with Gasteiger partial charge >= 0.3 is 0 Å². The Morgan fingerprint density at radius 2 is 1.69 bits per heavy atom. The number of carbonyl (C=O) groups excluding carboxylic acids is 1. The standard InChI is InChI=1S/C23H30N2O/c26-22(25-8-6-21(7-9-25)20-4-2-1-3-5-20)16-24-23-13-17-10-18(14-23)12-19(11-17)15-23/h1-6,17-19,24H,7-16H2/p+1. The molecule has 0 atom stereocenters. The summed E-state index contributed by atoms with van der Waals surface area (Å²) in [5.74, 6) is 3.21. The zero-order valence-electron chi connectivity index (χ0n) is 15.7. The van der Waals surface area contributed by atoms with E-state index in [0.717, 1.165) is 37.3 Å². The van der Waals surface area contributed by atoms with Gasteiger partial charge in [-0.15, -0.1) is 0 Å². The Kier molecular flexibility index (Phi) is 4.16. The van der Waals surface area contributed by atoms with Crippen molar-refractivity contribution in [2.24, 2.45) is 17.8 Å². The van der Waals surface area contributed by atoms with Gasteiger partial charge in [-0.25, -0.2) is 0 Å². The van der Waals surface area contributed by atoms with Crippen molar-refractivity contribution in [3.63, 3.8) is 0 Å². The van der Waals surface area contributed by atoms with Crippen molar-refractivity contribution in [2.75, 3.05) is 19.6 Å². The minimum Gasteiger partial charge on any atom is -0.334 e. The van der Waals surface area contributed by atoms with Gasteiger partial charge in [0.25, 0.3) is 5.91 Å². The van der Waals surface area contributed by atoms with Gasteiger partial charge in [0, 0.05) is 32.4 Å². The highest BCUT2D eigenvalue weighted by molar-refractivity contribution is 5.79. The third-order valence-corrected chi connectivity index (χ3v) is 7.50. The van der Waals surface area contributed by atoms with Crippen molar-refractivity contribution >= 4 is 11.5 Å². The van der Waals surface area contributed by atoms with E-state index in [4.69, 9.17) is 0 Å². The van der Waals surface area contributed by atoms with Gasteiger partial charge in [0.2, 0.25) is 0 Å². The second-order valence-corrected chi connectivity index (χ2v) is 9.37. The van der Waals surface area contributed by atoms with Gasteiger partial charge in [-0.2, -0.15) is 0 Å². The van der Waals surface area contributed by atoms with E-state index in [1.807, 2.05) is 0 Å². The molecule has 6 rings (SSSR count). The van der Waals surface area contributed by atoms with Crippen molar-refractivity contribution in [3.8, 4) is 0 Å². The normalized spacial score (nSPS) is 35.5. The summed E-state index contributed by atoms with van der Waals surface area (Å²) in [5.41, 5.74) is 3.10. The van der Waals surface area contributed by atoms with Gasteiger partial charge in [0.15, 0.2) is 6.54 Å². The molecule has 0 spiro atoms. The van der Waals surface area contributed by atoms with Crippen LogP contribution in [0.4, 0.5) is 0 Å². The van der Waals surface area contributed by atoms with Crippen LogP contribution in [0.3, 0.4) is 0 Å². The van der Waals surface area contributed by atoms with E-state index in [2.05, 4.69) is 46.6 Å². The number of nitrogens with zero attached hydrogens (tertiary/aromatic N) is 1. The van der Waals surface area contributed by atoms with Crippen LogP contribution < -0.4 is 5.32 Å². The first kappa shape index (κ1) is 16.6. The lowest BCUT2D eigenvalue weighted by atomic mass is 9.53. The second kappa shape index (κ2) is 6.53. The highest BCUT2D eigenvalue weighted by Crippen LogP contribution is 2.54. The Hall–Kier alpha value is -1.61. The summed E-state index contributed by atoms with van der Waals surface area (Å²) >= 11 is 0. The molecule has 1 heterocycles. The fraction of sp³-hybridized carbons (Fsp3) is 0.609. The maximum Gasteiger partial charge on any atom is 0.277 e. The van der Waals surface area contributed by atoms with E-state index in [9.17, 15) is 4.79 Å². The number of carbonyl (C=O) groups is 1. The molecule has 2 N–H and O–H groups in total. The van der Waals surface area contributed by atoms with Gasteiger partial charge in [-0.1, -0.05) is 36.4 Å². The zero-order chi connectivity index (χ0) is 17.6. The largest absolute Gasteiger partial charge is 0.334 e. The van der Waals surface area contributed by atoms with E-state index in [-0.39, 0.29) is 0 Å². The van der Waals surface area contributed by atoms with Crippen LogP contribution in [0.1, 0.15) is 50.5 Å². The number of hydrogen-bond donors (Lipinski definition) is 1. The lowest BCUT2D eigenvalue weighted by Gasteiger charge is -2.54. The van der Waals surface area contributed by atoms with Crippen LogP contribution in [0.25, 0.3) is 5.57 Å². The van der Waals surface area contributed by atoms with Crippen molar-refractivity contribution in [3.05, 3.63) is 42.0 Å². The Labute approximate surface area is 156 Å². The van der Waals surface area contributed by atoms with E-state index < -0.39 is 0 Å². The fourth-order valence-corrected chi connectivity index (χ4v) is 6.67. The molecular formula is C23H31N2O+. The molecule has 4 bridgehead atoms. The van der Waals surface area contributed by atoms with Crippen LogP contribution in [-0.2, 0) is 4.79 Å². The van der Waals surface area contributed by atoms with Crippen LogP contribution >= 0.6 is 0 Å². The molecule has 3 nitrogen and oxygen atoms in total. The molecule has 1 aromatic carbocycles. The summed E-state index contributed by atoms with van der Waals surface area (Å²) in [6.07, 6.45) is 11.7. The fourth-order valence-electron chi connectivity index (χ4n) is 6.67. The average Bonchev–Trinajstić information content (AvgIpc) is 2.66. The van der Waals surface area contributed by atoms with Crippen LogP contribution in [0.5, 0.6) is 0 Å². The van der Waals surface area contributed by atoms with Gasteiger partial charge in [-0.05, 0) is 54.6 Å². The number of hydrogen-bond acceptors (Lipinski definition) is 1. The molecule has 138 valence electrons. The Morgan fingerprint density at radius 1 is 1.04 bits per heavy atom. The first-order chi connectivity index (χ1) is 12.7. The summed E-state index contributed by atoms with van der Waals surface area (Å²) in [6.45, 7) is 2.30. The van der Waals surface area contributed by atoms with E-state index in [1.54, 1.807) is 0 Å². The number of rotatable bonds is 4. The minimum atomic E-state index is 0.337. The molecule has 0 aromatic heterocycles. The van der Waals surface area contributed by atoms with Gasteiger partial charge in [0.05, 0.1) is 5.54 Å². The Morgan fingerprint density at radius 3 is 2.27 bits per heavy atom. The lowest BCUT2D eigenvalue weighted by molar-refractivity contribution is -0.730. The predicted molar refractivity (Wildman–Crippen MR) is 103 cm³/mol. The molecule has 0 unspecified atom stereocenters. The van der Waals surface area contributed by atoms with Crippen LogP contribution in [0.15, 0.2) is 36.4 Å². The Balaban J connectivity index is 1.18. The number of nitrogens with two attached hydrogens (primary N) is 1. The van der Waals surface area contributed by atoms with Crippen molar-refractivity contribution < 1.29 is 10.1 Å². The lowest BCUT2D eigenvalue weighted by Crippen LogP contribution is -3.00. The summed E-state index contributed by atoms with van der Waals surface area (Å²) in [6, 6.07) is 10.6. The van der Waals surface area contributed by atoms with Gasteiger partial charge in [0.1, 0.15) is 0 Å². The van der Waals surface area contributed by atoms with Crippen molar-refractivity contribution in [1.82, 2.24) is 4.90 Å². The minimum absolute atomic E-state index is 0.337. The number of amides is 1. The quantitative estimate of drug-likeness (QED) is 0.890. The highest BCUT2D eigenvalue weighted by atomic mass is 16.2. The molecule has 4 fully saturated rings. The summed E-state index contributed by atoms with van der Waals surface area (Å²) in [5, 5.41) is 2.45. The maximum absolute atomic E-state index is 12.8. The van der Waals surface area contributed by atoms with Crippen LogP contribution in [0.2, 0.25) is 0 Å². The number of benzene rings is 1. The van der Waals surface area contributed by atoms with Crippen molar-refractivity contribution in [2.45, 2.75) is 50.5 Å². The second-order valence-electron chi connectivity index (χ2n) is 9.37. The first-order valence-electron chi connectivity index (χ1n) is 10.6. The Bertz CT molecular complexity index is 673. The average molecular weight is 352 g/mol. The molecule has 1 aliphatic heterocycles. The molecule has 1 aromatic rings. The topological polar surface area (TPSA) is 36.9 Å². The summed E-state index contributed by atoms with van der Waals surface area (Å²) < 4.78 is 0. The molecule has 4 aliphatic carbocycles. The van der Waals surface area contributed by atoms with Gasteiger partial charge < -0.3 is 10.2 Å². The molecule has 4 saturated carbocycles. The first-order valence-corrected chi connectivity index (χ1v) is 10.6. The van der Waals surface area contributed by atoms with Crippen molar-refractivity contribution in [1.29, 1.82) is 0 Å². The smallest absolute Gasteiger partial charge is 0.277 e. The third kappa shape index (κ3) is 3.11. The van der Waals surface area contributed by atoms with E-state index in [1.165, 1.54) is 49.7 Å². The highest BCUT2D eigenvalue weighted by Gasteiger charge is 2.53. The molecule has 1 amide bonds. The van der Waals surface area contributed by atoms with E-state index >= 15 is 0 Å². The third-order valence-electron chi connectivity index (χ3n) is 7.50. The SMILES string of the molecule is O=C(C[NH2+]C12CC3CC(CC(C3)C1)C2)N1CC=C(c2ccccc2)CC1. The zero-order valence-corrected chi connectivity index (χ0v) is 15.7. The molecular weight excluding hydrogens is 320 g/mol. The van der Waals surface area contributed by atoms with Crippen LogP contribution in [0, 0.1) is 17.8 Å². The molecule has 5 aliphatic rings. The predicted octanol–water partition coefficient (Wildman–Crippen LogP) is 2.83. The monoisotopic (exact) mass is 351 g/mol.